The van der Waals surface area contributed by atoms with Crippen molar-refractivity contribution in [3.8, 4) is 0 Å². The van der Waals surface area contributed by atoms with Crippen LogP contribution >= 0.6 is 0 Å². The lowest BCUT2D eigenvalue weighted by Gasteiger charge is -2.21. The van der Waals surface area contributed by atoms with Crippen molar-refractivity contribution in [2.45, 2.75) is 19.9 Å². The average molecular weight is 346 g/mol. The molecule has 1 N–H and O–H groups in total. The Bertz CT molecular complexity index is 732. The highest BCUT2D eigenvalue weighted by atomic mass is 19.1. The van der Waals surface area contributed by atoms with Gasteiger partial charge in [0, 0.05) is 26.6 Å². The number of hydrogen-bond donors (Lipinski definition) is 1. The van der Waals surface area contributed by atoms with Crippen LogP contribution in [0.2, 0.25) is 0 Å². The van der Waals surface area contributed by atoms with E-state index in [1.807, 2.05) is 0 Å². The topological polar surface area (TPSA) is 49.4 Å². The highest BCUT2D eigenvalue weighted by molar-refractivity contribution is 5.78. The van der Waals surface area contributed by atoms with Gasteiger partial charge in [-0.15, -0.1) is 0 Å². The monoisotopic (exact) mass is 346 g/mol. The number of rotatable bonds is 7. The van der Waals surface area contributed by atoms with Gasteiger partial charge in [0.15, 0.2) is 0 Å². The Morgan fingerprint density at radius 1 is 1.04 bits per heavy atom. The van der Waals surface area contributed by atoms with E-state index in [4.69, 9.17) is 0 Å². The molecule has 0 saturated carbocycles. The second-order valence-corrected chi connectivity index (χ2v) is 5.69. The average Bonchev–Trinajstić information content (AvgIpc) is 2.57. The zero-order valence-corrected chi connectivity index (χ0v) is 14.0. The highest BCUT2D eigenvalue weighted by Gasteiger charge is 2.11. The van der Waals surface area contributed by atoms with Crippen LogP contribution in [0, 0.1) is 11.6 Å². The highest BCUT2D eigenvalue weighted by Crippen LogP contribution is 2.08. The van der Waals surface area contributed by atoms with E-state index in [0.29, 0.717) is 18.7 Å². The van der Waals surface area contributed by atoms with Crippen molar-refractivity contribution in [1.29, 1.82) is 0 Å². The van der Waals surface area contributed by atoms with Crippen LogP contribution in [0.5, 0.6) is 0 Å². The maximum Gasteiger partial charge on any atom is 0.224 e. The molecule has 0 saturated heterocycles. The summed E-state index contributed by atoms with van der Waals surface area (Å²) in [5.74, 6) is -1.21. The van der Waals surface area contributed by atoms with Crippen molar-refractivity contribution in [3.63, 3.8) is 0 Å². The normalized spacial score (nSPS) is 10.4. The zero-order chi connectivity index (χ0) is 18.2. The van der Waals surface area contributed by atoms with Crippen LogP contribution in [0.15, 0.2) is 48.5 Å². The molecule has 0 aliphatic rings. The standard InChI is InChI=1S/C19H20F2N2O2/c1-14(24)23(13-15-6-8-17(20)9-7-15)11-10-22-19(25)12-16-4-2-3-5-18(16)21/h2-9H,10-13H2,1H3,(H,22,25). The Hall–Kier alpha value is -2.76. The number of hydrogen-bond acceptors (Lipinski definition) is 2. The van der Waals surface area contributed by atoms with Crippen molar-refractivity contribution in [2.75, 3.05) is 13.1 Å². The largest absolute Gasteiger partial charge is 0.354 e. The second kappa shape index (κ2) is 8.92. The van der Waals surface area contributed by atoms with Gasteiger partial charge in [0.1, 0.15) is 11.6 Å². The molecule has 0 aliphatic heterocycles. The van der Waals surface area contributed by atoms with Gasteiger partial charge in [-0.25, -0.2) is 8.78 Å². The molecule has 4 nitrogen and oxygen atoms in total. The fraction of sp³-hybridized carbons (Fsp3) is 0.263. The number of amides is 2. The molecular weight excluding hydrogens is 326 g/mol. The molecule has 0 radical (unpaired) electrons. The SMILES string of the molecule is CC(=O)N(CCNC(=O)Cc1ccccc1F)Cc1ccc(F)cc1. The fourth-order valence-electron chi connectivity index (χ4n) is 2.37. The van der Waals surface area contributed by atoms with Crippen LogP contribution in [-0.4, -0.2) is 29.8 Å². The molecule has 0 spiro atoms. The van der Waals surface area contributed by atoms with Gasteiger partial charge >= 0.3 is 0 Å². The van der Waals surface area contributed by atoms with Gasteiger partial charge in [-0.3, -0.25) is 9.59 Å². The van der Waals surface area contributed by atoms with Crippen LogP contribution in [0.1, 0.15) is 18.1 Å². The van der Waals surface area contributed by atoms with Crippen LogP contribution in [0.25, 0.3) is 0 Å². The van der Waals surface area contributed by atoms with E-state index >= 15 is 0 Å². The first-order valence-corrected chi connectivity index (χ1v) is 7.96. The summed E-state index contributed by atoms with van der Waals surface area (Å²) in [7, 11) is 0. The number of nitrogens with one attached hydrogen (secondary N) is 1. The van der Waals surface area contributed by atoms with Crippen molar-refractivity contribution in [1.82, 2.24) is 10.2 Å². The minimum absolute atomic E-state index is 0.0509. The smallest absolute Gasteiger partial charge is 0.224 e. The number of nitrogens with zero attached hydrogens (tertiary/aromatic N) is 1. The van der Waals surface area contributed by atoms with E-state index in [1.165, 1.54) is 25.1 Å². The maximum absolute atomic E-state index is 13.5. The summed E-state index contributed by atoms with van der Waals surface area (Å²) >= 11 is 0. The molecule has 2 rings (SSSR count). The third kappa shape index (κ3) is 5.99. The minimum atomic E-state index is -0.417. The van der Waals surface area contributed by atoms with Crippen LogP contribution < -0.4 is 5.32 Å². The molecule has 6 heteroatoms. The molecule has 0 fully saturated rings. The van der Waals surface area contributed by atoms with E-state index in [1.54, 1.807) is 35.2 Å². The van der Waals surface area contributed by atoms with Crippen molar-refractivity contribution >= 4 is 11.8 Å². The third-order valence-electron chi connectivity index (χ3n) is 3.74. The predicted octanol–water partition coefficient (Wildman–Crippen LogP) is 2.67. The number of carbonyl (C=O) groups excluding carboxylic acids is 2. The molecule has 0 bridgehead atoms. The Kier molecular flexibility index (Phi) is 6.62. The first-order valence-electron chi connectivity index (χ1n) is 7.96. The van der Waals surface area contributed by atoms with Crippen molar-refractivity contribution < 1.29 is 18.4 Å². The first kappa shape index (κ1) is 18.6. The van der Waals surface area contributed by atoms with E-state index in [2.05, 4.69) is 5.32 Å². The van der Waals surface area contributed by atoms with E-state index in [9.17, 15) is 18.4 Å². The summed E-state index contributed by atoms with van der Waals surface area (Å²) in [6.07, 6.45) is -0.0509. The zero-order valence-electron chi connectivity index (χ0n) is 14.0. The van der Waals surface area contributed by atoms with E-state index < -0.39 is 5.82 Å². The molecule has 0 aromatic heterocycles. The Labute approximate surface area is 145 Å². The number of halogens is 2. The summed E-state index contributed by atoms with van der Waals surface area (Å²) in [5.41, 5.74) is 1.13. The quantitative estimate of drug-likeness (QED) is 0.838. The summed E-state index contributed by atoms with van der Waals surface area (Å²) in [6.45, 7) is 2.34. The lowest BCUT2D eigenvalue weighted by Crippen LogP contribution is -2.37. The molecule has 0 unspecified atom stereocenters. The van der Waals surface area contributed by atoms with Crippen LogP contribution in [0.4, 0.5) is 8.78 Å². The summed E-state index contributed by atoms with van der Waals surface area (Å²) in [5, 5.41) is 2.68. The molecule has 2 aromatic carbocycles. The van der Waals surface area contributed by atoms with E-state index in [-0.39, 0.29) is 30.6 Å². The van der Waals surface area contributed by atoms with Gasteiger partial charge in [-0.2, -0.15) is 0 Å². The second-order valence-electron chi connectivity index (χ2n) is 5.69. The molecule has 0 heterocycles. The first-order chi connectivity index (χ1) is 12.0. The number of benzene rings is 2. The Balaban J connectivity index is 1.82. The van der Waals surface area contributed by atoms with Crippen LogP contribution in [-0.2, 0) is 22.6 Å². The lowest BCUT2D eigenvalue weighted by molar-refractivity contribution is -0.130. The van der Waals surface area contributed by atoms with Gasteiger partial charge in [0.05, 0.1) is 6.42 Å². The fourth-order valence-corrected chi connectivity index (χ4v) is 2.37. The lowest BCUT2D eigenvalue weighted by atomic mass is 10.1. The molecule has 2 aromatic rings. The van der Waals surface area contributed by atoms with Crippen LogP contribution in [0.3, 0.4) is 0 Å². The molecule has 0 aliphatic carbocycles. The van der Waals surface area contributed by atoms with Gasteiger partial charge in [0.25, 0.3) is 0 Å². The molecule has 132 valence electrons. The maximum atomic E-state index is 13.5. The van der Waals surface area contributed by atoms with Gasteiger partial charge in [0.2, 0.25) is 11.8 Å². The van der Waals surface area contributed by atoms with Gasteiger partial charge in [-0.1, -0.05) is 30.3 Å². The van der Waals surface area contributed by atoms with E-state index in [0.717, 1.165) is 5.56 Å². The third-order valence-corrected chi connectivity index (χ3v) is 3.74. The van der Waals surface area contributed by atoms with Crippen molar-refractivity contribution in [3.05, 3.63) is 71.3 Å². The Morgan fingerprint density at radius 3 is 2.36 bits per heavy atom. The van der Waals surface area contributed by atoms with Gasteiger partial charge < -0.3 is 10.2 Å². The molecule has 25 heavy (non-hydrogen) atoms. The summed E-state index contributed by atoms with van der Waals surface area (Å²) in [4.78, 5) is 25.2. The predicted molar refractivity (Wildman–Crippen MR) is 90.6 cm³/mol. The molecule has 2 amide bonds. The van der Waals surface area contributed by atoms with Crippen molar-refractivity contribution in [2.24, 2.45) is 0 Å². The summed E-state index contributed by atoms with van der Waals surface area (Å²) < 4.78 is 26.4. The molecular formula is C19H20F2N2O2. The summed E-state index contributed by atoms with van der Waals surface area (Å²) in [6, 6.07) is 12.0. The molecule has 0 atom stereocenters. The number of carbonyl (C=O) groups is 2. The van der Waals surface area contributed by atoms with Gasteiger partial charge in [-0.05, 0) is 29.3 Å². The Morgan fingerprint density at radius 2 is 1.72 bits per heavy atom. The minimum Gasteiger partial charge on any atom is -0.354 e.